The Hall–Kier alpha value is -3.04. The summed E-state index contributed by atoms with van der Waals surface area (Å²) < 4.78 is 4.98. The molecule has 1 aliphatic carbocycles. The third-order valence-corrected chi connectivity index (χ3v) is 3.61. The number of hydrogen-bond donors (Lipinski definition) is 1. The molecule has 0 heterocycles. The first-order valence-corrected chi connectivity index (χ1v) is 7.36. The van der Waals surface area contributed by atoms with Crippen molar-refractivity contribution >= 4 is 28.7 Å². The normalized spacial score (nSPS) is 18.4. The van der Waals surface area contributed by atoms with Crippen LogP contribution in [-0.4, -0.2) is 28.1 Å². The number of nitrogens with one attached hydrogen (secondary N) is 1. The highest BCUT2D eigenvalue weighted by Gasteiger charge is 2.31. The monoisotopic (exact) mass is 336 g/mol. The number of ether oxygens (including phenoxy) is 1. The van der Waals surface area contributed by atoms with Crippen LogP contribution in [-0.2, 0) is 9.53 Å². The Morgan fingerprint density at radius 2 is 2.12 bits per heavy atom. The Bertz CT molecular complexity index is 703. The van der Waals surface area contributed by atoms with Gasteiger partial charge < -0.3 is 4.74 Å². The lowest BCUT2D eigenvalue weighted by Crippen LogP contribution is -2.22. The van der Waals surface area contributed by atoms with E-state index in [2.05, 4.69) is 10.5 Å². The van der Waals surface area contributed by atoms with E-state index in [0.29, 0.717) is 18.6 Å². The van der Waals surface area contributed by atoms with Gasteiger partial charge in [-0.25, -0.2) is 0 Å². The summed E-state index contributed by atoms with van der Waals surface area (Å²) in [6.45, 7) is 1.98. The van der Waals surface area contributed by atoms with Gasteiger partial charge in [-0.05, 0) is 32.3 Å². The average Bonchev–Trinajstić information content (AvgIpc) is 3.01. The maximum absolute atomic E-state index is 11.8. The van der Waals surface area contributed by atoms with Gasteiger partial charge in [0.05, 0.1) is 34.1 Å². The van der Waals surface area contributed by atoms with Crippen LogP contribution in [0.25, 0.3) is 0 Å². The summed E-state index contributed by atoms with van der Waals surface area (Å²) in [5.74, 6) is -0.830. The van der Waals surface area contributed by atoms with E-state index < -0.39 is 21.5 Å². The summed E-state index contributed by atoms with van der Waals surface area (Å²) in [5.41, 5.74) is 2.28. The number of nitrogens with zero attached hydrogens (tertiary/aromatic N) is 3. The largest absolute Gasteiger partial charge is 0.465 e. The fraction of sp³-hybridized carbons (Fsp3) is 0.429. The standard InChI is InChI=1S/C14H16N4O6/c1-2-24-14(19)10-4-3-5-11(10)15-16-12-7-6-9(17(20)21)8-13(12)18(22)23/h6-8,10,16H,2-5H2,1H3. The molecule has 1 fully saturated rings. The lowest BCUT2D eigenvalue weighted by atomic mass is 10.1. The van der Waals surface area contributed by atoms with E-state index in [1.54, 1.807) is 6.92 Å². The molecule has 0 amide bonds. The van der Waals surface area contributed by atoms with Crippen molar-refractivity contribution in [1.29, 1.82) is 0 Å². The number of rotatable bonds is 6. The van der Waals surface area contributed by atoms with Gasteiger partial charge in [-0.3, -0.25) is 30.4 Å². The van der Waals surface area contributed by atoms with Gasteiger partial charge in [-0.2, -0.15) is 5.10 Å². The lowest BCUT2D eigenvalue weighted by molar-refractivity contribution is -0.393. The van der Waals surface area contributed by atoms with E-state index >= 15 is 0 Å². The number of anilines is 1. The third kappa shape index (κ3) is 3.83. The van der Waals surface area contributed by atoms with Crippen molar-refractivity contribution in [2.75, 3.05) is 12.0 Å². The second-order valence-corrected chi connectivity index (χ2v) is 5.13. The first-order chi connectivity index (χ1) is 11.4. The number of benzene rings is 1. The van der Waals surface area contributed by atoms with Gasteiger partial charge in [-0.15, -0.1) is 0 Å². The number of esters is 1. The summed E-state index contributed by atoms with van der Waals surface area (Å²) in [5, 5.41) is 25.9. The molecule has 10 nitrogen and oxygen atoms in total. The van der Waals surface area contributed by atoms with Gasteiger partial charge >= 0.3 is 11.7 Å². The van der Waals surface area contributed by atoms with Crippen molar-refractivity contribution in [3.8, 4) is 0 Å². The topological polar surface area (TPSA) is 137 Å². The molecule has 0 aromatic heterocycles. The second-order valence-electron chi connectivity index (χ2n) is 5.13. The minimum atomic E-state index is -0.729. The average molecular weight is 336 g/mol. The highest BCUT2D eigenvalue weighted by molar-refractivity contribution is 6.03. The van der Waals surface area contributed by atoms with Gasteiger partial charge in [0.25, 0.3) is 5.69 Å². The first kappa shape index (κ1) is 17.3. The Morgan fingerprint density at radius 1 is 1.38 bits per heavy atom. The highest BCUT2D eigenvalue weighted by atomic mass is 16.6. The van der Waals surface area contributed by atoms with E-state index in [9.17, 15) is 25.0 Å². The number of nitro groups is 2. The zero-order chi connectivity index (χ0) is 17.7. The van der Waals surface area contributed by atoms with Gasteiger partial charge in [0.2, 0.25) is 0 Å². The molecule has 1 N–H and O–H groups in total. The Morgan fingerprint density at radius 3 is 2.75 bits per heavy atom. The molecule has 24 heavy (non-hydrogen) atoms. The van der Waals surface area contributed by atoms with Crippen LogP contribution in [0.1, 0.15) is 26.2 Å². The van der Waals surface area contributed by atoms with Crippen LogP contribution in [0.5, 0.6) is 0 Å². The molecule has 1 aliphatic rings. The molecule has 1 unspecified atom stereocenters. The molecule has 0 spiro atoms. The molecule has 0 radical (unpaired) electrons. The van der Waals surface area contributed by atoms with Crippen LogP contribution in [0, 0.1) is 26.1 Å². The number of hydrazone groups is 1. The van der Waals surface area contributed by atoms with Crippen LogP contribution in [0.4, 0.5) is 17.1 Å². The van der Waals surface area contributed by atoms with Crippen LogP contribution in [0.2, 0.25) is 0 Å². The molecule has 1 aromatic carbocycles. The Balaban J connectivity index is 2.22. The summed E-state index contributed by atoms with van der Waals surface area (Å²) in [7, 11) is 0. The molecule has 0 saturated heterocycles. The molecule has 1 saturated carbocycles. The second kappa shape index (κ2) is 7.49. The molecule has 128 valence electrons. The van der Waals surface area contributed by atoms with E-state index in [1.807, 2.05) is 0 Å². The summed E-state index contributed by atoms with van der Waals surface area (Å²) >= 11 is 0. The van der Waals surface area contributed by atoms with Crippen LogP contribution in [0.3, 0.4) is 0 Å². The SMILES string of the molecule is CCOC(=O)C1CCCC1=NNc1ccc([N+](=O)[O-])cc1[N+](=O)[O-]. The molecular weight excluding hydrogens is 320 g/mol. The van der Waals surface area contributed by atoms with Crippen molar-refractivity contribution in [1.82, 2.24) is 0 Å². The Kier molecular flexibility index (Phi) is 5.40. The van der Waals surface area contributed by atoms with E-state index in [4.69, 9.17) is 4.74 Å². The maximum Gasteiger partial charge on any atom is 0.314 e. The van der Waals surface area contributed by atoms with Gasteiger partial charge in [-0.1, -0.05) is 0 Å². The summed E-state index contributed by atoms with van der Waals surface area (Å²) in [4.78, 5) is 32.2. The van der Waals surface area contributed by atoms with Crippen LogP contribution >= 0.6 is 0 Å². The van der Waals surface area contributed by atoms with E-state index in [0.717, 1.165) is 18.6 Å². The van der Waals surface area contributed by atoms with Crippen molar-refractivity contribution < 1.29 is 19.4 Å². The Labute approximate surface area is 136 Å². The van der Waals surface area contributed by atoms with Gasteiger partial charge in [0, 0.05) is 6.07 Å². The predicted molar refractivity (Wildman–Crippen MR) is 84.8 cm³/mol. The fourth-order valence-corrected chi connectivity index (χ4v) is 2.47. The minimum absolute atomic E-state index is 0.0209. The predicted octanol–water partition coefficient (Wildman–Crippen LogP) is 2.63. The summed E-state index contributed by atoms with van der Waals surface area (Å²) in [6.07, 6.45) is 1.96. The van der Waals surface area contributed by atoms with Crippen molar-refractivity contribution in [2.45, 2.75) is 26.2 Å². The van der Waals surface area contributed by atoms with Gasteiger partial charge in [0.1, 0.15) is 5.69 Å². The van der Waals surface area contributed by atoms with Crippen molar-refractivity contribution in [3.63, 3.8) is 0 Å². The molecule has 10 heteroatoms. The minimum Gasteiger partial charge on any atom is -0.465 e. The number of carbonyl (C=O) groups is 1. The fourth-order valence-electron chi connectivity index (χ4n) is 2.47. The molecule has 0 bridgehead atoms. The lowest BCUT2D eigenvalue weighted by Gasteiger charge is -2.10. The molecule has 2 rings (SSSR count). The van der Waals surface area contributed by atoms with E-state index in [-0.39, 0.29) is 24.0 Å². The zero-order valence-electron chi connectivity index (χ0n) is 12.9. The van der Waals surface area contributed by atoms with Crippen molar-refractivity contribution in [3.05, 3.63) is 38.4 Å². The number of carbonyl (C=O) groups excluding carboxylic acids is 1. The summed E-state index contributed by atoms with van der Waals surface area (Å²) in [6, 6.07) is 3.22. The number of nitro benzene ring substituents is 2. The highest BCUT2D eigenvalue weighted by Crippen LogP contribution is 2.30. The van der Waals surface area contributed by atoms with Crippen molar-refractivity contribution in [2.24, 2.45) is 11.0 Å². The number of non-ortho nitro benzene ring substituents is 1. The molecule has 0 aliphatic heterocycles. The van der Waals surface area contributed by atoms with Gasteiger partial charge in [0.15, 0.2) is 0 Å². The zero-order valence-corrected chi connectivity index (χ0v) is 12.9. The smallest absolute Gasteiger partial charge is 0.314 e. The van der Waals surface area contributed by atoms with Crippen LogP contribution in [0.15, 0.2) is 23.3 Å². The quantitative estimate of drug-likeness (QED) is 0.479. The molecular formula is C14H16N4O6. The van der Waals surface area contributed by atoms with E-state index in [1.165, 1.54) is 6.07 Å². The number of hydrogen-bond acceptors (Lipinski definition) is 8. The third-order valence-electron chi connectivity index (χ3n) is 3.61. The molecule has 1 atom stereocenters. The maximum atomic E-state index is 11.8. The first-order valence-electron chi connectivity index (χ1n) is 7.36. The molecule has 1 aromatic rings. The van der Waals surface area contributed by atoms with Crippen LogP contribution < -0.4 is 5.43 Å².